The van der Waals surface area contributed by atoms with Crippen LogP contribution in [0.2, 0.25) is 0 Å². The van der Waals surface area contributed by atoms with Crippen LogP contribution in [0.15, 0.2) is 29.7 Å². The summed E-state index contributed by atoms with van der Waals surface area (Å²) in [4.78, 5) is 0. The average molecular weight is 147 g/mol. The fourth-order valence-electron chi connectivity index (χ4n) is 0.995. The van der Waals surface area contributed by atoms with Gasteiger partial charge in [-0.3, -0.25) is 0 Å². The molecule has 0 aliphatic carbocycles. The highest BCUT2D eigenvalue weighted by atomic mass is 32.2. The van der Waals surface area contributed by atoms with Gasteiger partial charge in [0.2, 0.25) is 0 Å². The number of thioether (sulfide) groups is 1. The van der Waals surface area contributed by atoms with Crippen LogP contribution in [0.1, 0.15) is 11.1 Å². The Balaban J connectivity index is 2.54. The van der Waals surface area contributed by atoms with Crippen LogP contribution < -0.4 is 0 Å². The third-order valence-electron chi connectivity index (χ3n) is 1.52. The molecule has 1 aromatic rings. The Labute approximate surface area is 65.0 Å². The fraction of sp³-hybridized carbons (Fsp3) is 0. The summed E-state index contributed by atoms with van der Waals surface area (Å²) in [5, 5.41) is 2.10. The number of benzene rings is 1. The Hall–Kier alpha value is -0.690. The van der Waals surface area contributed by atoms with Crippen molar-refractivity contribution in [2.24, 2.45) is 0 Å². The maximum atomic E-state index is 2.16. The summed E-state index contributed by atoms with van der Waals surface area (Å²) < 4.78 is 0. The van der Waals surface area contributed by atoms with E-state index in [1.54, 1.807) is 11.8 Å². The summed E-state index contributed by atoms with van der Waals surface area (Å²) >= 11 is 1.73. The molecule has 0 bridgehead atoms. The van der Waals surface area contributed by atoms with Crippen molar-refractivity contribution >= 4 is 17.8 Å². The number of hydrogen-bond donors (Lipinski definition) is 0. The van der Waals surface area contributed by atoms with Gasteiger partial charge in [0.25, 0.3) is 0 Å². The molecule has 0 atom stereocenters. The molecule has 10 heavy (non-hydrogen) atoms. The van der Waals surface area contributed by atoms with Gasteiger partial charge in [-0.15, -0.1) is 11.8 Å². The maximum Gasteiger partial charge on any atom is 0.0507 e. The lowest BCUT2D eigenvalue weighted by molar-refractivity contribution is 1.55. The number of hydrogen-bond acceptors (Lipinski definition) is 1. The number of rotatable bonds is 0. The first-order valence-corrected chi connectivity index (χ1v) is 4.15. The van der Waals surface area contributed by atoms with Crippen LogP contribution in [0.3, 0.4) is 0 Å². The van der Waals surface area contributed by atoms with E-state index in [-0.39, 0.29) is 0 Å². The summed E-state index contributed by atoms with van der Waals surface area (Å²) in [5.41, 5.74) is 2.65. The molecule has 1 aliphatic heterocycles. The third-order valence-corrected chi connectivity index (χ3v) is 2.20. The highest BCUT2D eigenvalue weighted by Gasteiger charge is 2.01. The molecule has 0 saturated heterocycles. The van der Waals surface area contributed by atoms with Crippen molar-refractivity contribution in [3.8, 4) is 0 Å². The zero-order valence-electron chi connectivity index (χ0n) is 5.45. The monoisotopic (exact) mass is 147 g/mol. The summed E-state index contributed by atoms with van der Waals surface area (Å²) in [6.45, 7) is 0. The molecule has 1 aromatic carbocycles. The average Bonchev–Trinajstić information content (AvgIpc) is 2.05. The van der Waals surface area contributed by atoms with Crippen molar-refractivity contribution in [3.63, 3.8) is 0 Å². The van der Waals surface area contributed by atoms with Crippen LogP contribution in [0.5, 0.6) is 0 Å². The molecular weight excluding hydrogens is 140 g/mol. The van der Waals surface area contributed by atoms with E-state index < -0.39 is 0 Å². The van der Waals surface area contributed by atoms with Gasteiger partial charge in [0.1, 0.15) is 0 Å². The highest BCUT2D eigenvalue weighted by Crippen LogP contribution is 2.26. The van der Waals surface area contributed by atoms with E-state index in [0.717, 1.165) is 0 Å². The van der Waals surface area contributed by atoms with Gasteiger partial charge < -0.3 is 0 Å². The molecule has 0 N–H and O–H groups in total. The quantitative estimate of drug-likeness (QED) is 0.543. The summed E-state index contributed by atoms with van der Waals surface area (Å²) in [6, 6.07) is 8.38. The van der Waals surface area contributed by atoms with Gasteiger partial charge in [0, 0.05) is 0 Å². The van der Waals surface area contributed by atoms with Gasteiger partial charge in [-0.1, -0.05) is 24.3 Å². The molecule has 0 saturated carbocycles. The van der Waals surface area contributed by atoms with E-state index in [9.17, 15) is 0 Å². The molecule has 0 unspecified atom stereocenters. The minimum absolute atomic E-state index is 1.32. The molecule has 0 nitrogen and oxygen atoms in total. The van der Waals surface area contributed by atoms with Gasteiger partial charge in [0.15, 0.2) is 0 Å². The first-order valence-electron chi connectivity index (χ1n) is 3.21. The van der Waals surface area contributed by atoms with Crippen LogP contribution in [0.4, 0.5) is 0 Å². The lowest BCUT2D eigenvalue weighted by Crippen LogP contribution is -1.85. The molecule has 1 aliphatic rings. The molecule has 0 amide bonds. The van der Waals surface area contributed by atoms with E-state index >= 15 is 0 Å². The Morgan fingerprint density at radius 3 is 2.60 bits per heavy atom. The molecule has 49 valence electrons. The molecule has 0 spiro atoms. The minimum Gasteiger partial charge on any atom is -0.124 e. The SMILES string of the molecule is [CH]1SC=Cc2ccccc21. The van der Waals surface area contributed by atoms with E-state index in [1.807, 2.05) is 0 Å². The molecule has 1 radical (unpaired) electrons. The summed E-state index contributed by atoms with van der Waals surface area (Å²) in [5.74, 6) is 2.16. The second-order valence-electron chi connectivity index (χ2n) is 2.19. The molecule has 2 rings (SSSR count). The highest BCUT2D eigenvalue weighted by molar-refractivity contribution is 8.04. The standard InChI is InChI=1S/C9H7S/c1-2-4-9-7-10-6-5-8(9)3-1/h1-7H. The zero-order valence-corrected chi connectivity index (χ0v) is 6.27. The molecule has 1 heteroatoms. The van der Waals surface area contributed by atoms with E-state index in [2.05, 4.69) is 41.5 Å². The normalized spacial score (nSPS) is 14.8. The van der Waals surface area contributed by atoms with E-state index in [1.165, 1.54) is 11.1 Å². The minimum atomic E-state index is 1.32. The predicted molar refractivity (Wildman–Crippen MR) is 46.5 cm³/mol. The van der Waals surface area contributed by atoms with Gasteiger partial charge in [-0.2, -0.15) is 0 Å². The van der Waals surface area contributed by atoms with Gasteiger partial charge in [0.05, 0.1) is 5.75 Å². The second-order valence-corrected chi connectivity index (χ2v) is 2.97. The largest absolute Gasteiger partial charge is 0.124 e. The Morgan fingerprint density at radius 2 is 1.80 bits per heavy atom. The molecule has 1 heterocycles. The van der Waals surface area contributed by atoms with Crippen molar-refractivity contribution in [1.82, 2.24) is 0 Å². The first-order chi connectivity index (χ1) is 4.97. The molecule has 0 fully saturated rings. The lowest BCUT2D eigenvalue weighted by atomic mass is 10.1. The van der Waals surface area contributed by atoms with E-state index in [0.29, 0.717) is 0 Å². The van der Waals surface area contributed by atoms with Crippen LogP contribution in [0.25, 0.3) is 6.08 Å². The zero-order chi connectivity index (χ0) is 6.81. The van der Waals surface area contributed by atoms with Crippen LogP contribution in [-0.2, 0) is 0 Å². The summed E-state index contributed by atoms with van der Waals surface area (Å²) in [7, 11) is 0. The number of fused-ring (bicyclic) bond motifs is 1. The van der Waals surface area contributed by atoms with Crippen molar-refractivity contribution < 1.29 is 0 Å². The van der Waals surface area contributed by atoms with Crippen molar-refractivity contribution in [2.75, 3.05) is 0 Å². The molecule has 0 aromatic heterocycles. The topological polar surface area (TPSA) is 0 Å². The predicted octanol–water partition coefficient (Wildman–Crippen LogP) is 2.91. The Kier molecular flexibility index (Phi) is 1.52. The lowest BCUT2D eigenvalue weighted by Gasteiger charge is -2.06. The van der Waals surface area contributed by atoms with Gasteiger partial charge in [-0.05, 0) is 22.6 Å². The fourth-order valence-corrected chi connectivity index (χ4v) is 1.66. The first kappa shape index (κ1) is 6.05. The summed E-state index contributed by atoms with van der Waals surface area (Å²) in [6.07, 6.45) is 2.14. The van der Waals surface area contributed by atoms with Crippen molar-refractivity contribution in [2.45, 2.75) is 0 Å². The maximum absolute atomic E-state index is 2.16. The van der Waals surface area contributed by atoms with Crippen molar-refractivity contribution in [3.05, 3.63) is 46.6 Å². The van der Waals surface area contributed by atoms with Crippen LogP contribution in [-0.4, -0.2) is 0 Å². The molecular formula is C9H7S. The van der Waals surface area contributed by atoms with Crippen molar-refractivity contribution in [1.29, 1.82) is 0 Å². The Bertz CT molecular complexity index is 263. The smallest absolute Gasteiger partial charge is 0.0507 e. The van der Waals surface area contributed by atoms with Crippen LogP contribution >= 0.6 is 11.8 Å². The van der Waals surface area contributed by atoms with Gasteiger partial charge in [-0.25, -0.2) is 0 Å². The van der Waals surface area contributed by atoms with Crippen LogP contribution in [0, 0.1) is 5.75 Å². The van der Waals surface area contributed by atoms with E-state index in [4.69, 9.17) is 0 Å². The third kappa shape index (κ3) is 0.971. The Morgan fingerprint density at radius 1 is 1.00 bits per heavy atom. The van der Waals surface area contributed by atoms with Gasteiger partial charge >= 0.3 is 0 Å². The second kappa shape index (κ2) is 2.51.